The fourth-order valence-electron chi connectivity index (χ4n) is 4.96. The molecule has 4 heteroatoms. The predicted molar refractivity (Wildman–Crippen MR) is 162 cm³/mol. The van der Waals surface area contributed by atoms with E-state index >= 15 is 0 Å². The van der Waals surface area contributed by atoms with Crippen molar-refractivity contribution in [2.24, 2.45) is 4.99 Å². The Labute approximate surface area is 231 Å². The predicted octanol–water partition coefficient (Wildman–Crippen LogP) is 6.55. The minimum atomic E-state index is -0.785. The highest BCUT2D eigenvalue weighted by atomic mass is 31.1. The van der Waals surface area contributed by atoms with Gasteiger partial charge in [0.15, 0.2) is 0 Å². The van der Waals surface area contributed by atoms with Crippen molar-refractivity contribution in [2.45, 2.75) is 18.8 Å². The summed E-state index contributed by atoms with van der Waals surface area (Å²) in [5, 5.41) is 3.84. The molecule has 1 heterocycles. The maximum Gasteiger partial charge on any atom is 0.217 e. The van der Waals surface area contributed by atoms with Gasteiger partial charge in [0, 0.05) is 5.56 Å². The van der Waals surface area contributed by atoms with Gasteiger partial charge in [0.1, 0.15) is 18.8 Å². The van der Waals surface area contributed by atoms with Crippen molar-refractivity contribution in [3.8, 4) is 0 Å². The molecule has 2 atom stereocenters. The van der Waals surface area contributed by atoms with Crippen LogP contribution in [0.15, 0.2) is 151 Å². The fourth-order valence-corrected chi connectivity index (χ4v) is 7.40. The van der Waals surface area contributed by atoms with Gasteiger partial charge in [-0.3, -0.25) is 0 Å². The van der Waals surface area contributed by atoms with E-state index in [2.05, 4.69) is 121 Å². The largest absolute Gasteiger partial charge is 0.475 e. The second-order valence-corrected chi connectivity index (χ2v) is 11.6. The molecule has 0 aliphatic carbocycles. The SMILES string of the molecule is c1ccc(CO[C@@H](c2ccccc2)[C@@H]2COC(c3ccccc3P(c3ccccc3)c3ccccc3)=N2)cc1. The molecule has 5 aromatic rings. The van der Waals surface area contributed by atoms with E-state index in [1.54, 1.807) is 0 Å². The lowest BCUT2D eigenvalue weighted by Gasteiger charge is -2.22. The lowest BCUT2D eigenvalue weighted by atomic mass is 10.0. The van der Waals surface area contributed by atoms with Crippen molar-refractivity contribution in [3.63, 3.8) is 0 Å². The maximum atomic E-state index is 6.52. The number of benzene rings is 5. The zero-order valence-electron chi connectivity index (χ0n) is 21.6. The molecule has 1 aliphatic rings. The van der Waals surface area contributed by atoms with E-state index in [-0.39, 0.29) is 12.1 Å². The maximum absolute atomic E-state index is 6.52. The van der Waals surface area contributed by atoms with E-state index in [9.17, 15) is 0 Å². The molecule has 0 unspecified atom stereocenters. The zero-order valence-corrected chi connectivity index (χ0v) is 22.5. The van der Waals surface area contributed by atoms with Crippen LogP contribution in [-0.2, 0) is 16.1 Å². The molecule has 0 radical (unpaired) electrons. The van der Waals surface area contributed by atoms with Crippen molar-refractivity contribution in [1.29, 1.82) is 0 Å². The number of hydrogen-bond donors (Lipinski definition) is 0. The minimum Gasteiger partial charge on any atom is -0.475 e. The Morgan fingerprint density at radius 3 is 1.85 bits per heavy atom. The molecule has 192 valence electrons. The van der Waals surface area contributed by atoms with Crippen LogP contribution in [0.25, 0.3) is 0 Å². The van der Waals surface area contributed by atoms with E-state index in [0.29, 0.717) is 19.1 Å². The lowest BCUT2D eigenvalue weighted by molar-refractivity contribution is 0.0173. The summed E-state index contributed by atoms with van der Waals surface area (Å²) in [7, 11) is -0.785. The Morgan fingerprint density at radius 1 is 0.667 bits per heavy atom. The van der Waals surface area contributed by atoms with Gasteiger partial charge in [0.25, 0.3) is 0 Å². The molecule has 6 rings (SSSR count). The normalized spacial score (nSPS) is 15.5. The van der Waals surface area contributed by atoms with Crippen LogP contribution in [-0.4, -0.2) is 18.5 Å². The molecule has 0 amide bonds. The molecule has 0 N–H and O–H groups in total. The molecule has 0 saturated heterocycles. The smallest absolute Gasteiger partial charge is 0.217 e. The summed E-state index contributed by atoms with van der Waals surface area (Å²) < 4.78 is 12.9. The van der Waals surface area contributed by atoms with E-state index in [4.69, 9.17) is 14.5 Å². The Kier molecular flexibility index (Phi) is 7.91. The number of aliphatic imine (C=N–C) groups is 1. The van der Waals surface area contributed by atoms with Crippen LogP contribution in [0.3, 0.4) is 0 Å². The average Bonchev–Trinajstić information content (AvgIpc) is 3.50. The van der Waals surface area contributed by atoms with Crippen LogP contribution in [0, 0.1) is 0 Å². The summed E-state index contributed by atoms with van der Waals surface area (Å²) in [6.07, 6.45) is -0.208. The second-order valence-electron chi connectivity index (χ2n) is 9.46. The van der Waals surface area contributed by atoms with Gasteiger partial charge < -0.3 is 9.47 Å². The molecule has 0 fully saturated rings. The molecule has 1 aliphatic heterocycles. The molecular weight excluding hydrogens is 497 g/mol. The molecule has 0 spiro atoms. The van der Waals surface area contributed by atoms with Gasteiger partial charge in [0.2, 0.25) is 5.90 Å². The summed E-state index contributed by atoms with van der Waals surface area (Å²) >= 11 is 0. The summed E-state index contributed by atoms with van der Waals surface area (Å²) in [5.74, 6) is 0.694. The van der Waals surface area contributed by atoms with Gasteiger partial charge >= 0.3 is 0 Å². The van der Waals surface area contributed by atoms with Crippen molar-refractivity contribution >= 4 is 29.7 Å². The topological polar surface area (TPSA) is 30.8 Å². The van der Waals surface area contributed by atoms with E-state index < -0.39 is 7.92 Å². The van der Waals surface area contributed by atoms with E-state index in [0.717, 1.165) is 16.7 Å². The van der Waals surface area contributed by atoms with Crippen LogP contribution < -0.4 is 15.9 Å². The van der Waals surface area contributed by atoms with Crippen molar-refractivity contribution < 1.29 is 9.47 Å². The van der Waals surface area contributed by atoms with Gasteiger partial charge in [0.05, 0.1) is 6.61 Å². The van der Waals surface area contributed by atoms with Gasteiger partial charge in [-0.15, -0.1) is 0 Å². The van der Waals surface area contributed by atoms with Crippen LogP contribution in [0.2, 0.25) is 0 Å². The van der Waals surface area contributed by atoms with Crippen molar-refractivity contribution in [1.82, 2.24) is 0 Å². The summed E-state index contributed by atoms with van der Waals surface area (Å²) in [5.41, 5.74) is 3.30. The number of nitrogens with zero attached hydrogens (tertiary/aromatic N) is 1. The Bertz CT molecular complexity index is 1470. The Morgan fingerprint density at radius 2 is 1.21 bits per heavy atom. The first-order valence-corrected chi connectivity index (χ1v) is 14.6. The Hall–Kier alpha value is -4.04. The molecule has 0 aromatic heterocycles. The first-order chi connectivity index (χ1) is 19.4. The van der Waals surface area contributed by atoms with Crippen LogP contribution >= 0.6 is 7.92 Å². The minimum absolute atomic E-state index is 0.140. The standard InChI is InChI=1S/C35H30NO2P/c1-5-15-27(16-6-1)25-37-34(28-17-7-2-8-18-28)32-26-38-35(36-32)31-23-13-14-24-33(31)39(29-19-9-3-10-20-29)30-21-11-4-12-22-30/h1-24,32,34H,25-26H2/t32-,34-/m0/s1. The molecule has 0 saturated carbocycles. The molecular formula is C35H30NO2P. The highest BCUT2D eigenvalue weighted by molar-refractivity contribution is 7.80. The highest BCUT2D eigenvalue weighted by Gasteiger charge is 2.32. The number of hydrogen-bond acceptors (Lipinski definition) is 3. The van der Waals surface area contributed by atoms with Crippen LogP contribution in [0.4, 0.5) is 0 Å². The fraction of sp³-hybridized carbons (Fsp3) is 0.114. The Balaban J connectivity index is 1.35. The average molecular weight is 528 g/mol. The van der Waals surface area contributed by atoms with Gasteiger partial charge in [-0.25, -0.2) is 4.99 Å². The van der Waals surface area contributed by atoms with Crippen LogP contribution in [0.5, 0.6) is 0 Å². The first kappa shape index (κ1) is 25.2. The highest BCUT2D eigenvalue weighted by Crippen LogP contribution is 2.35. The molecule has 39 heavy (non-hydrogen) atoms. The quantitative estimate of drug-likeness (QED) is 0.204. The third-order valence-corrected chi connectivity index (χ3v) is 9.33. The lowest BCUT2D eigenvalue weighted by Crippen LogP contribution is -2.25. The molecule has 5 aromatic carbocycles. The van der Waals surface area contributed by atoms with Gasteiger partial charge in [-0.1, -0.05) is 140 Å². The second kappa shape index (κ2) is 12.2. The monoisotopic (exact) mass is 527 g/mol. The third kappa shape index (κ3) is 5.86. The van der Waals surface area contributed by atoms with E-state index in [1.807, 2.05) is 24.3 Å². The first-order valence-electron chi connectivity index (χ1n) is 13.3. The number of rotatable bonds is 9. The number of ether oxygens (including phenoxy) is 2. The summed E-state index contributed by atoms with van der Waals surface area (Å²) in [4.78, 5) is 5.16. The third-order valence-electron chi connectivity index (χ3n) is 6.83. The van der Waals surface area contributed by atoms with E-state index in [1.165, 1.54) is 15.9 Å². The molecule has 0 bridgehead atoms. The van der Waals surface area contributed by atoms with Crippen molar-refractivity contribution in [2.75, 3.05) is 6.61 Å². The molecule has 3 nitrogen and oxygen atoms in total. The van der Waals surface area contributed by atoms with Gasteiger partial charge in [-0.2, -0.15) is 0 Å². The van der Waals surface area contributed by atoms with Crippen molar-refractivity contribution in [3.05, 3.63) is 162 Å². The summed E-state index contributed by atoms with van der Waals surface area (Å²) in [6.45, 7) is 0.998. The van der Waals surface area contributed by atoms with Crippen LogP contribution in [0.1, 0.15) is 22.8 Å². The van der Waals surface area contributed by atoms with Gasteiger partial charge in [-0.05, 0) is 41.0 Å². The summed E-state index contributed by atoms with van der Waals surface area (Å²) in [6, 6.07) is 50.5. The zero-order chi connectivity index (χ0) is 26.3.